The van der Waals surface area contributed by atoms with Crippen LogP contribution < -0.4 is 5.32 Å². The van der Waals surface area contributed by atoms with Gasteiger partial charge in [0.1, 0.15) is 0 Å². The van der Waals surface area contributed by atoms with Gasteiger partial charge < -0.3 is 10.1 Å². The summed E-state index contributed by atoms with van der Waals surface area (Å²) in [6.07, 6.45) is 0. The molecule has 1 aromatic rings. The van der Waals surface area contributed by atoms with Gasteiger partial charge in [0.15, 0.2) is 0 Å². The van der Waals surface area contributed by atoms with Crippen molar-refractivity contribution in [3.05, 3.63) is 28.8 Å². The highest BCUT2D eigenvalue weighted by Crippen LogP contribution is 2.28. The predicted molar refractivity (Wildman–Crippen MR) is 80.6 cm³/mol. The van der Waals surface area contributed by atoms with Gasteiger partial charge in [-0.05, 0) is 38.5 Å². The molecule has 0 atom stereocenters. The lowest BCUT2D eigenvalue weighted by Gasteiger charge is -2.20. The first kappa shape index (κ1) is 15.8. The van der Waals surface area contributed by atoms with E-state index < -0.39 is 0 Å². The minimum absolute atomic E-state index is 0.123. The van der Waals surface area contributed by atoms with Gasteiger partial charge in [-0.15, -0.1) is 11.8 Å². The van der Waals surface area contributed by atoms with E-state index in [9.17, 15) is 0 Å². The third-order valence-corrected chi connectivity index (χ3v) is 3.83. The fourth-order valence-electron chi connectivity index (χ4n) is 1.37. The summed E-state index contributed by atoms with van der Waals surface area (Å²) in [6.45, 7) is 8.05. The smallest absolute Gasteiger partial charge is 0.0556 e. The largest absolute Gasteiger partial charge is 0.384 e. The molecule has 1 aromatic carbocycles. The molecule has 0 heterocycles. The van der Waals surface area contributed by atoms with Crippen LogP contribution in [0.15, 0.2) is 23.1 Å². The number of hydrogen-bond donors (Lipinski definition) is 1. The Labute approximate surface area is 119 Å². The molecule has 4 heteroatoms. The number of hydrogen-bond acceptors (Lipinski definition) is 3. The van der Waals surface area contributed by atoms with Crippen molar-refractivity contribution >= 4 is 23.4 Å². The van der Waals surface area contributed by atoms with Gasteiger partial charge in [-0.2, -0.15) is 0 Å². The Morgan fingerprint density at radius 1 is 1.33 bits per heavy atom. The van der Waals surface area contributed by atoms with E-state index in [0.717, 1.165) is 28.8 Å². The average Bonchev–Trinajstić information content (AvgIpc) is 2.28. The lowest BCUT2D eigenvalue weighted by Crippen LogP contribution is -2.35. The van der Waals surface area contributed by atoms with E-state index in [4.69, 9.17) is 16.3 Å². The summed E-state index contributed by atoms with van der Waals surface area (Å²) in [5, 5.41) is 4.28. The molecule has 0 aliphatic carbocycles. The SMILES string of the molecule is COCCSc1ccc(CNC(C)(C)C)cc1Cl. The highest BCUT2D eigenvalue weighted by atomic mass is 35.5. The minimum atomic E-state index is 0.123. The number of thioether (sulfide) groups is 1. The van der Waals surface area contributed by atoms with Crippen LogP contribution in [0.4, 0.5) is 0 Å². The first-order chi connectivity index (χ1) is 8.42. The summed E-state index contributed by atoms with van der Waals surface area (Å²) >= 11 is 8.00. The number of rotatable bonds is 6. The molecule has 0 radical (unpaired) electrons. The van der Waals surface area contributed by atoms with Crippen molar-refractivity contribution in [3.8, 4) is 0 Å². The molecule has 2 nitrogen and oxygen atoms in total. The molecule has 0 amide bonds. The summed E-state index contributed by atoms with van der Waals surface area (Å²) < 4.78 is 5.03. The van der Waals surface area contributed by atoms with E-state index in [2.05, 4.69) is 38.2 Å². The van der Waals surface area contributed by atoms with Crippen LogP contribution >= 0.6 is 23.4 Å². The van der Waals surface area contributed by atoms with Gasteiger partial charge in [0, 0.05) is 29.8 Å². The van der Waals surface area contributed by atoms with Crippen LogP contribution in [0.1, 0.15) is 26.3 Å². The number of ether oxygens (including phenoxy) is 1. The van der Waals surface area contributed by atoms with Crippen molar-refractivity contribution in [1.82, 2.24) is 5.32 Å². The third kappa shape index (κ3) is 6.10. The molecule has 0 aliphatic heterocycles. The Morgan fingerprint density at radius 2 is 2.06 bits per heavy atom. The highest BCUT2D eigenvalue weighted by molar-refractivity contribution is 7.99. The zero-order chi connectivity index (χ0) is 13.6. The summed E-state index contributed by atoms with van der Waals surface area (Å²) in [7, 11) is 1.71. The number of halogens is 1. The molecule has 102 valence electrons. The van der Waals surface area contributed by atoms with Gasteiger partial charge in [-0.1, -0.05) is 17.7 Å². The maximum absolute atomic E-state index is 6.27. The molecule has 0 aromatic heterocycles. The molecule has 0 aliphatic rings. The minimum Gasteiger partial charge on any atom is -0.384 e. The molecule has 0 saturated heterocycles. The monoisotopic (exact) mass is 287 g/mol. The lowest BCUT2D eigenvalue weighted by molar-refractivity contribution is 0.218. The molecule has 0 saturated carbocycles. The van der Waals surface area contributed by atoms with E-state index in [-0.39, 0.29) is 5.54 Å². The normalized spacial score (nSPS) is 11.8. The van der Waals surface area contributed by atoms with Gasteiger partial charge in [-0.25, -0.2) is 0 Å². The summed E-state index contributed by atoms with van der Waals surface area (Å²) in [5.74, 6) is 0.926. The first-order valence-corrected chi connectivity index (χ1v) is 7.44. The molecule has 1 N–H and O–H groups in total. The van der Waals surface area contributed by atoms with Crippen molar-refractivity contribution in [2.75, 3.05) is 19.5 Å². The molecule has 0 fully saturated rings. The Morgan fingerprint density at radius 3 is 2.61 bits per heavy atom. The van der Waals surface area contributed by atoms with Crippen molar-refractivity contribution in [2.45, 2.75) is 37.8 Å². The van der Waals surface area contributed by atoms with E-state index in [0.29, 0.717) is 0 Å². The van der Waals surface area contributed by atoms with Crippen LogP contribution in [0.3, 0.4) is 0 Å². The van der Waals surface area contributed by atoms with Gasteiger partial charge in [0.25, 0.3) is 0 Å². The fraction of sp³-hybridized carbons (Fsp3) is 0.571. The maximum Gasteiger partial charge on any atom is 0.0556 e. The van der Waals surface area contributed by atoms with Crippen LogP contribution in [0.25, 0.3) is 0 Å². The second kappa shape index (κ2) is 7.39. The van der Waals surface area contributed by atoms with Gasteiger partial charge in [-0.3, -0.25) is 0 Å². The topological polar surface area (TPSA) is 21.3 Å². The molecular weight excluding hydrogens is 266 g/mol. The molecular formula is C14H22ClNOS. The molecule has 18 heavy (non-hydrogen) atoms. The van der Waals surface area contributed by atoms with Crippen LogP contribution in [-0.2, 0) is 11.3 Å². The van der Waals surface area contributed by atoms with Gasteiger partial charge in [0.2, 0.25) is 0 Å². The zero-order valence-electron chi connectivity index (χ0n) is 11.5. The number of methoxy groups -OCH3 is 1. The Balaban J connectivity index is 2.56. The number of benzene rings is 1. The van der Waals surface area contributed by atoms with Crippen LogP contribution in [0.5, 0.6) is 0 Å². The van der Waals surface area contributed by atoms with Gasteiger partial charge in [0.05, 0.1) is 11.6 Å². The Bertz CT molecular complexity index is 377. The van der Waals surface area contributed by atoms with Crippen molar-refractivity contribution in [2.24, 2.45) is 0 Å². The summed E-state index contributed by atoms with van der Waals surface area (Å²) in [6, 6.07) is 6.25. The van der Waals surface area contributed by atoms with Crippen LogP contribution in [0.2, 0.25) is 5.02 Å². The third-order valence-electron chi connectivity index (χ3n) is 2.36. The van der Waals surface area contributed by atoms with E-state index in [1.54, 1.807) is 18.9 Å². The lowest BCUT2D eigenvalue weighted by atomic mass is 10.1. The average molecular weight is 288 g/mol. The summed E-state index contributed by atoms with van der Waals surface area (Å²) in [5.41, 5.74) is 1.34. The molecule has 0 unspecified atom stereocenters. The van der Waals surface area contributed by atoms with Crippen molar-refractivity contribution in [1.29, 1.82) is 0 Å². The van der Waals surface area contributed by atoms with E-state index in [1.165, 1.54) is 5.56 Å². The Hall–Kier alpha value is -0.220. The molecule has 1 rings (SSSR count). The highest BCUT2D eigenvalue weighted by Gasteiger charge is 2.09. The van der Waals surface area contributed by atoms with E-state index in [1.807, 2.05) is 6.07 Å². The molecule has 0 spiro atoms. The van der Waals surface area contributed by atoms with Gasteiger partial charge >= 0.3 is 0 Å². The predicted octanol–water partition coefficient (Wildman–Crippen LogP) is 3.97. The van der Waals surface area contributed by atoms with Crippen LogP contribution in [-0.4, -0.2) is 25.0 Å². The summed E-state index contributed by atoms with van der Waals surface area (Å²) in [4.78, 5) is 1.12. The second-order valence-corrected chi connectivity index (χ2v) is 6.75. The van der Waals surface area contributed by atoms with Crippen LogP contribution in [0, 0.1) is 0 Å². The zero-order valence-corrected chi connectivity index (χ0v) is 13.1. The molecule has 0 bridgehead atoms. The quantitative estimate of drug-likeness (QED) is 0.632. The standard InChI is InChI=1S/C14H22ClNOS/c1-14(2,3)16-10-11-5-6-13(12(15)9-11)18-8-7-17-4/h5-6,9,16H,7-8,10H2,1-4H3. The fourth-order valence-corrected chi connectivity index (χ4v) is 2.57. The second-order valence-electron chi connectivity index (χ2n) is 5.21. The first-order valence-electron chi connectivity index (χ1n) is 6.07. The Kier molecular flexibility index (Phi) is 6.50. The van der Waals surface area contributed by atoms with E-state index >= 15 is 0 Å². The van der Waals surface area contributed by atoms with Crippen molar-refractivity contribution < 1.29 is 4.74 Å². The van der Waals surface area contributed by atoms with Crippen molar-refractivity contribution in [3.63, 3.8) is 0 Å². The maximum atomic E-state index is 6.27. The number of nitrogens with one attached hydrogen (secondary N) is 1.